The van der Waals surface area contributed by atoms with E-state index in [1.165, 1.54) is 12.3 Å². The Kier molecular flexibility index (Phi) is 7.25. The van der Waals surface area contributed by atoms with Crippen molar-refractivity contribution in [1.29, 1.82) is 0 Å². The van der Waals surface area contributed by atoms with Crippen LogP contribution >= 0.6 is 0 Å². The van der Waals surface area contributed by atoms with Crippen LogP contribution in [0.4, 0.5) is 39.4 Å². The molecule has 11 heteroatoms. The third-order valence-corrected chi connectivity index (χ3v) is 4.81. The van der Waals surface area contributed by atoms with Gasteiger partial charge in [0.15, 0.2) is 0 Å². The summed E-state index contributed by atoms with van der Waals surface area (Å²) in [5.74, 6) is 1.17. The zero-order valence-corrected chi connectivity index (χ0v) is 18.3. The Hall–Kier alpha value is -4.51. The molecule has 0 saturated carbocycles. The van der Waals surface area contributed by atoms with Gasteiger partial charge in [0.1, 0.15) is 11.6 Å². The topological polar surface area (TPSA) is 133 Å². The Morgan fingerprint density at radius 2 is 1.76 bits per heavy atom. The number of urea groups is 1. The second-order valence-electron chi connectivity index (χ2n) is 7.25. The Labute approximate surface area is 196 Å². The summed E-state index contributed by atoms with van der Waals surface area (Å²) in [6.45, 7) is 6.43. The fourth-order valence-corrected chi connectivity index (χ4v) is 3.20. The number of carbonyl (C=O) groups excluding carboxylic acids is 2. The van der Waals surface area contributed by atoms with Crippen LogP contribution in [-0.2, 0) is 9.53 Å². The normalized spacial score (nSPS) is 13.0. The van der Waals surface area contributed by atoms with E-state index >= 15 is 0 Å². The Balaban J connectivity index is 1.34. The molecule has 1 saturated heterocycles. The first-order chi connectivity index (χ1) is 16.6. The Morgan fingerprint density at radius 3 is 2.50 bits per heavy atom. The monoisotopic (exact) mass is 460 g/mol. The number of benzene rings is 1. The summed E-state index contributed by atoms with van der Waals surface area (Å²) >= 11 is 0. The first-order valence-electron chi connectivity index (χ1n) is 10.6. The lowest BCUT2D eigenvalue weighted by atomic mass is 10.2. The summed E-state index contributed by atoms with van der Waals surface area (Å²) in [5.41, 5.74) is 1.75. The number of nitrogens with zero attached hydrogens (tertiary/aromatic N) is 4. The van der Waals surface area contributed by atoms with Gasteiger partial charge in [0.2, 0.25) is 11.9 Å². The van der Waals surface area contributed by atoms with Crippen LogP contribution in [-0.4, -0.2) is 53.2 Å². The van der Waals surface area contributed by atoms with Crippen LogP contribution in [0.3, 0.4) is 0 Å². The third kappa shape index (κ3) is 6.26. The molecule has 0 radical (unpaired) electrons. The van der Waals surface area contributed by atoms with Gasteiger partial charge >= 0.3 is 6.03 Å². The van der Waals surface area contributed by atoms with Crippen LogP contribution in [0, 0.1) is 0 Å². The molecule has 3 heterocycles. The fraction of sp³-hybridized carbons (Fsp3) is 0.174. The average molecular weight is 460 g/mol. The molecule has 0 unspecified atom stereocenters. The van der Waals surface area contributed by atoms with Crippen LogP contribution in [0.15, 0.2) is 67.5 Å². The maximum Gasteiger partial charge on any atom is 0.324 e. The maximum absolute atomic E-state index is 12.4. The van der Waals surface area contributed by atoms with Crippen molar-refractivity contribution in [1.82, 2.24) is 15.0 Å². The molecule has 0 atom stereocenters. The summed E-state index contributed by atoms with van der Waals surface area (Å²) in [5, 5.41) is 11.1. The summed E-state index contributed by atoms with van der Waals surface area (Å²) in [4.78, 5) is 39.0. The molecule has 3 amide bonds. The van der Waals surface area contributed by atoms with E-state index in [9.17, 15) is 9.59 Å². The minimum Gasteiger partial charge on any atom is -0.378 e. The van der Waals surface area contributed by atoms with Crippen molar-refractivity contribution in [2.75, 3.05) is 52.5 Å². The highest BCUT2D eigenvalue weighted by Gasteiger charge is 2.12. The highest BCUT2D eigenvalue weighted by atomic mass is 16.5. The first kappa shape index (κ1) is 22.7. The molecule has 1 aliphatic rings. The molecule has 4 rings (SSSR count). The lowest BCUT2D eigenvalue weighted by Crippen LogP contribution is -2.36. The first-order valence-corrected chi connectivity index (χ1v) is 10.6. The predicted octanol–water partition coefficient (Wildman–Crippen LogP) is 3.22. The number of hydrogen-bond acceptors (Lipinski definition) is 8. The number of anilines is 6. The summed E-state index contributed by atoms with van der Waals surface area (Å²) in [7, 11) is 0. The van der Waals surface area contributed by atoms with Crippen LogP contribution in [0.25, 0.3) is 0 Å². The van der Waals surface area contributed by atoms with Gasteiger partial charge in [-0.25, -0.2) is 14.8 Å². The Bertz CT molecular complexity index is 1160. The molecule has 11 nitrogen and oxygen atoms in total. The summed E-state index contributed by atoms with van der Waals surface area (Å²) in [6.07, 6.45) is 4.41. The van der Waals surface area contributed by atoms with Gasteiger partial charge in [-0.1, -0.05) is 12.6 Å². The molecule has 0 bridgehead atoms. The van der Waals surface area contributed by atoms with Crippen LogP contribution < -0.4 is 26.2 Å². The standard InChI is InChI=1S/C23H24N8O3/c1-2-21(32)26-16-4-3-5-17(14-16)28-23(33)30-19-8-9-24-22(29-19)27-18-6-7-20(25-15-18)31-10-12-34-13-11-31/h2-9,14-15H,1,10-13H2,(H,26,32)(H3,24,27,28,29,30,33). The minimum absolute atomic E-state index is 0.309. The van der Waals surface area contributed by atoms with E-state index in [-0.39, 0.29) is 5.91 Å². The van der Waals surface area contributed by atoms with E-state index in [0.29, 0.717) is 36.4 Å². The smallest absolute Gasteiger partial charge is 0.324 e. The van der Waals surface area contributed by atoms with Crippen molar-refractivity contribution in [3.8, 4) is 0 Å². The summed E-state index contributed by atoms with van der Waals surface area (Å²) in [6, 6.07) is 11.6. The molecule has 0 spiro atoms. The van der Waals surface area contributed by atoms with Crippen molar-refractivity contribution in [3.05, 3.63) is 67.5 Å². The predicted molar refractivity (Wildman–Crippen MR) is 130 cm³/mol. The van der Waals surface area contributed by atoms with Crippen LogP contribution in [0.2, 0.25) is 0 Å². The largest absolute Gasteiger partial charge is 0.378 e. The van der Waals surface area contributed by atoms with Gasteiger partial charge in [-0.2, -0.15) is 4.98 Å². The fourth-order valence-electron chi connectivity index (χ4n) is 3.20. The molecule has 34 heavy (non-hydrogen) atoms. The van der Waals surface area contributed by atoms with Crippen molar-refractivity contribution < 1.29 is 14.3 Å². The van der Waals surface area contributed by atoms with E-state index in [2.05, 4.69) is 47.7 Å². The number of nitrogens with one attached hydrogen (secondary N) is 4. The number of pyridine rings is 1. The lowest BCUT2D eigenvalue weighted by molar-refractivity contribution is -0.111. The van der Waals surface area contributed by atoms with Crippen molar-refractivity contribution in [2.24, 2.45) is 0 Å². The minimum atomic E-state index is -0.492. The average Bonchev–Trinajstić information content (AvgIpc) is 2.85. The lowest BCUT2D eigenvalue weighted by Gasteiger charge is -2.27. The zero-order valence-electron chi connectivity index (χ0n) is 18.3. The van der Waals surface area contributed by atoms with Crippen molar-refractivity contribution in [3.63, 3.8) is 0 Å². The van der Waals surface area contributed by atoms with Gasteiger partial charge in [-0.3, -0.25) is 10.1 Å². The molecule has 2 aromatic heterocycles. The summed E-state index contributed by atoms with van der Waals surface area (Å²) < 4.78 is 5.37. The molecule has 1 aliphatic heterocycles. The second kappa shape index (κ2) is 10.9. The van der Waals surface area contributed by atoms with Gasteiger partial charge in [0.05, 0.1) is 25.1 Å². The quantitative estimate of drug-likeness (QED) is 0.395. The highest BCUT2D eigenvalue weighted by Crippen LogP contribution is 2.19. The molecule has 3 aromatic rings. The highest BCUT2D eigenvalue weighted by molar-refractivity contribution is 6.01. The second-order valence-corrected chi connectivity index (χ2v) is 7.25. The van der Waals surface area contributed by atoms with Crippen molar-refractivity contribution >= 4 is 46.6 Å². The van der Waals surface area contributed by atoms with Crippen molar-refractivity contribution in [2.45, 2.75) is 0 Å². The number of carbonyl (C=O) groups is 2. The van der Waals surface area contributed by atoms with E-state index in [4.69, 9.17) is 4.74 Å². The molecule has 1 fully saturated rings. The van der Waals surface area contributed by atoms with E-state index in [1.54, 1.807) is 36.5 Å². The number of rotatable bonds is 7. The van der Waals surface area contributed by atoms with E-state index in [0.717, 1.165) is 24.6 Å². The zero-order chi connectivity index (χ0) is 23.8. The molecule has 4 N–H and O–H groups in total. The van der Waals surface area contributed by atoms with Crippen LogP contribution in [0.1, 0.15) is 0 Å². The number of hydrogen-bond donors (Lipinski definition) is 4. The number of morpholine rings is 1. The number of ether oxygens (including phenoxy) is 1. The molecule has 0 aliphatic carbocycles. The molecule has 1 aromatic carbocycles. The third-order valence-electron chi connectivity index (χ3n) is 4.81. The molecule has 174 valence electrons. The van der Waals surface area contributed by atoms with E-state index in [1.807, 2.05) is 12.1 Å². The van der Waals surface area contributed by atoms with E-state index < -0.39 is 6.03 Å². The molecular weight excluding hydrogens is 436 g/mol. The van der Waals surface area contributed by atoms with Gasteiger partial charge in [-0.05, 0) is 42.5 Å². The SMILES string of the molecule is C=CC(=O)Nc1cccc(NC(=O)Nc2ccnc(Nc3ccc(N4CCOCC4)nc3)n2)c1. The Morgan fingerprint density at radius 1 is 0.971 bits per heavy atom. The van der Waals surface area contributed by atoms with Gasteiger partial charge < -0.3 is 25.6 Å². The number of amides is 3. The van der Waals surface area contributed by atoms with Gasteiger partial charge in [0.25, 0.3) is 0 Å². The van der Waals surface area contributed by atoms with Gasteiger partial charge in [0, 0.05) is 30.7 Å². The number of aromatic nitrogens is 3. The van der Waals surface area contributed by atoms with Gasteiger partial charge in [-0.15, -0.1) is 0 Å². The van der Waals surface area contributed by atoms with Crippen LogP contribution in [0.5, 0.6) is 0 Å². The molecular formula is C23H24N8O3. The maximum atomic E-state index is 12.4.